The van der Waals surface area contributed by atoms with E-state index in [0.29, 0.717) is 0 Å². The Balaban J connectivity index is 2.26. The number of unbranched alkanes of at least 4 members (excludes halogenated alkanes) is 1. The molecule has 2 aromatic rings. The van der Waals surface area contributed by atoms with Gasteiger partial charge in [0.05, 0.1) is 0 Å². The first kappa shape index (κ1) is 10.8. The molecule has 4 nitrogen and oxygen atoms in total. The van der Waals surface area contributed by atoms with Gasteiger partial charge in [-0.2, -0.15) is 0 Å². The lowest BCUT2D eigenvalue weighted by Gasteiger charge is -2.03. The van der Waals surface area contributed by atoms with Crippen molar-refractivity contribution < 1.29 is 0 Å². The van der Waals surface area contributed by atoms with Crippen molar-refractivity contribution in [2.45, 2.75) is 26.2 Å². The van der Waals surface area contributed by atoms with Gasteiger partial charge in [-0.15, -0.1) is 5.10 Å². The van der Waals surface area contributed by atoms with E-state index in [1.165, 1.54) is 18.4 Å². The topological polar surface area (TPSA) is 43.6 Å². The van der Waals surface area contributed by atoms with Gasteiger partial charge in [-0.3, -0.25) is 0 Å². The third kappa shape index (κ3) is 2.27. The van der Waals surface area contributed by atoms with E-state index in [-0.39, 0.29) is 0 Å². The summed E-state index contributed by atoms with van der Waals surface area (Å²) in [7, 11) is 1.86. The van der Waals surface area contributed by atoms with Crippen LogP contribution >= 0.6 is 0 Å². The van der Waals surface area contributed by atoms with E-state index in [0.717, 1.165) is 17.8 Å². The molecule has 0 saturated heterocycles. The molecule has 0 aliphatic rings. The van der Waals surface area contributed by atoms with Crippen molar-refractivity contribution >= 4 is 0 Å². The van der Waals surface area contributed by atoms with Crippen molar-refractivity contribution in [2.24, 2.45) is 7.05 Å². The van der Waals surface area contributed by atoms with Crippen molar-refractivity contribution in [2.75, 3.05) is 0 Å². The maximum atomic E-state index is 4.01. The van der Waals surface area contributed by atoms with Crippen LogP contribution in [0.1, 0.15) is 25.3 Å². The number of tetrazole rings is 1. The molecule has 0 aliphatic carbocycles. The summed E-state index contributed by atoms with van der Waals surface area (Å²) in [4.78, 5) is 0. The van der Waals surface area contributed by atoms with Crippen LogP contribution in [0.4, 0.5) is 0 Å². The second-order valence-electron chi connectivity index (χ2n) is 3.93. The quantitative estimate of drug-likeness (QED) is 0.787. The van der Waals surface area contributed by atoms with Gasteiger partial charge >= 0.3 is 0 Å². The maximum Gasteiger partial charge on any atom is 0.181 e. The van der Waals surface area contributed by atoms with Crippen LogP contribution in [0, 0.1) is 0 Å². The van der Waals surface area contributed by atoms with Gasteiger partial charge in [-0.1, -0.05) is 31.5 Å². The monoisotopic (exact) mass is 216 g/mol. The zero-order chi connectivity index (χ0) is 11.4. The predicted molar refractivity (Wildman–Crippen MR) is 62.8 cm³/mol. The highest BCUT2D eigenvalue weighted by Crippen LogP contribution is 2.17. The molecule has 2 rings (SSSR count). The van der Waals surface area contributed by atoms with Crippen LogP contribution in [0.5, 0.6) is 0 Å². The van der Waals surface area contributed by atoms with E-state index in [1.807, 2.05) is 13.1 Å². The molecular weight excluding hydrogens is 200 g/mol. The van der Waals surface area contributed by atoms with Crippen LogP contribution in [0.25, 0.3) is 11.4 Å². The van der Waals surface area contributed by atoms with E-state index >= 15 is 0 Å². The number of hydrogen-bond donors (Lipinski definition) is 0. The lowest BCUT2D eigenvalue weighted by molar-refractivity contribution is 0.714. The van der Waals surface area contributed by atoms with Crippen LogP contribution in [0.2, 0.25) is 0 Å². The number of nitrogens with zero attached hydrogens (tertiary/aromatic N) is 4. The van der Waals surface area contributed by atoms with Gasteiger partial charge in [0.1, 0.15) is 0 Å². The molecule has 0 aliphatic heterocycles. The number of benzene rings is 1. The minimum Gasteiger partial charge on any atom is -0.229 e. The Morgan fingerprint density at radius 1 is 1.31 bits per heavy atom. The SMILES string of the molecule is CCCCc1cccc(-c2nnnn2C)c1. The summed E-state index contributed by atoms with van der Waals surface area (Å²) in [5.74, 6) is 0.818. The number of aromatic nitrogens is 4. The number of hydrogen-bond acceptors (Lipinski definition) is 3. The summed E-state index contributed by atoms with van der Waals surface area (Å²) in [6.07, 6.45) is 3.56. The van der Waals surface area contributed by atoms with Gasteiger partial charge in [0.25, 0.3) is 0 Å². The van der Waals surface area contributed by atoms with E-state index in [4.69, 9.17) is 0 Å². The van der Waals surface area contributed by atoms with Gasteiger partial charge in [-0.05, 0) is 34.9 Å². The molecule has 0 radical (unpaired) electrons. The highest BCUT2D eigenvalue weighted by molar-refractivity contribution is 5.55. The molecule has 16 heavy (non-hydrogen) atoms. The second-order valence-corrected chi connectivity index (χ2v) is 3.93. The summed E-state index contributed by atoms with van der Waals surface area (Å²) in [6.45, 7) is 2.20. The third-order valence-electron chi connectivity index (χ3n) is 2.62. The Morgan fingerprint density at radius 3 is 2.88 bits per heavy atom. The number of rotatable bonds is 4. The first-order valence-electron chi connectivity index (χ1n) is 5.63. The molecule has 0 spiro atoms. The largest absolute Gasteiger partial charge is 0.229 e. The fraction of sp³-hybridized carbons (Fsp3) is 0.417. The van der Waals surface area contributed by atoms with Gasteiger partial charge in [-0.25, -0.2) is 4.68 Å². The molecule has 0 unspecified atom stereocenters. The highest BCUT2D eigenvalue weighted by Gasteiger charge is 2.05. The van der Waals surface area contributed by atoms with Crippen LogP contribution in [0.3, 0.4) is 0 Å². The fourth-order valence-electron chi connectivity index (χ4n) is 1.72. The zero-order valence-corrected chi connectivity index (χ0v) is 9.72. The summed E-state index contributed by atoms with van der Waals surface area (Å²) < 4.78 is 1.69. The fourth-order valence-corrected chi connectivity index (χ4v) is 1.72. The molecule has 1 heterocycles. The molecule has 0 fully saturated rings. The second kappa shape index (κ2) is 4.88. The molecule has 0 saturated carbocycles. The third-order valence-corrected chi connectivity index (χ3v) is 2.62. The summed E-state index contributed by atoms with van der Waals surface area (Å²) >= 11 is 0. The summed E-state index contributed by atoms with van der Waals surface area (Å²) in [5.41, 5.74) is 2.43. The first-order valence-corrected chi connectivity index (χ1v) is 5.63. The van der Waals surface area contributed by atoms with Crippen LogP contribution in [-0.4, -0.2) is 20.2 Å². The maximum absolute atomic E-state index is 4.01. The Morgan fingerprint density at radius 2 is 2.19 bits per heavy atom. The van der Waals surface area contributed by atoms with Gasteiger partial charge in [0.15, 0.2) is 5.82 Å². The summed E-state index contributed by atoms with van der Waals surface area (Å²) in [6, 6.07) is 8.43. The van der Waals surface area contributed by atoms with E-state index in [2.05, 4.69) is 40.6 Å². The molecule has 0 bridgehead atoms. The van der Waals surface area contributed by atoms with Gasteiger partial charge in [0, 0.05) is 12.6 Å². The average molecular weight is 216 g/mol. The van der Waals surface area contributed by atoms with Gasteiger partial charge < -0.3 is 0 Å². The van der Waals surface area contributed by atoms with Crippen LogP contribution in [0.15, 0.2) is 24.3 Å². The smallest absolute Gasteiger partial charge is 0.181 e. The highest BCUT2D eigenvalue weighted by atomic mass is 15.5. The zero-order valence-electron chi connectivity index (χ0n) is 9.72. The van der Waals surface area contributed by atoms with Crippen molar-refractivity contribution in [3.8, 4) is 11.4 Å². The molecule has 1 aromatic carbocycles. The molecule has 1 aromatic heterocycles. The van der Waals surface area contributed by atoms with Crippen LogP contribution < -0.4 is 0 Å². The predicted octanol–water partition coefficient (Wildman–Crippen LogP) is 2.22. The van der Waals surface area contributed by atoms with Crippen LogP contribution in [-0.2, 0) is 13.5 Å². The van der Waals surface area contributed by atoms with Gasteiger partial charge in [0.2, 0.25) is 0 Å². The standard InChI is InChI=1S/C12H16N4/c1-3-4-6-10-7-5-8-11(9-10)12-13-14-15-16(12)2/h5,7-9H,3-4,6H2,1-2H3. The lowest BCUT2D eigenvalue weighted by Crippen LogP contribution is -1.95. The minimum absolute atomic E-state index is 0.818. The minimum atomic E-state index is 0.818. The van der Waals surface area contributed by atoms with E-state index < -0.39 is 0 Å². The first-order chi connectivity index (χ1) is 7.81. The molecular formula is C12H16N4. The van der Waals surface area contributed by atoms with E-state index in [9.17, 15) is 0 Å². The molecule has 0 N–H and O–H groups in total. The van der Waals surface area contributed by atoms with E-state index in [1.54, 1.807) is 4.68 Å². The van der Waals surface area contributed by atoms with Crippen molar-refractivity contribution in [1.29, 1.82) is 0 Å². The molecule has 84 valence electrons. The lowest BCUT2D eigenvalue weighted by atomic mass is 10.1. The number of aryl methyl sites for hydroxylation is 2. The summed E-state index contributed by atoms with van der Waals surface area (Å²) in [5, 5.41) is 11.5. The Kier molecular flexibility index (Phi) is 3.29. The average Bonchev–Trinajstić information content (AvgIpc) is 2.73. The molecule has 0 amide bonds. The Labute approximate surface area is 95.3 Å². The van der Waals surface area contributed by atoms with Crippen molar-refractivity contribution in [1.82, 2.24) is 20.2 Å². The van der Waals surface area contributed by atoms with Crippen molar-refractivity contribution in [3.63, 3.8) is 0 Å². The van der Waals surface area contributed by atoms with Crippen molar-refractivity contribution in [3.05, 3.63) is 29.8 Å². The normalized spacial score (nSPS) is 10.6. The molecule has 0 atom stereocenters. The Bertz CT molecular complexity index is 462. The Hall–Kier alpha value is -1.71. The molecule has 4 heteroatoms.